The topological polar surface area (TPSA) is 44.7 Å². The molecule has 4 atom stereocenters. The largest absolute Gasteiger partial charge is 0.338 e. The smallest absolute Gasteiger partial charge is 0.333 e. The number of benzene rings is 1. The van der Waals surface area contributed by atoms with Gasteiger partial charge in [-0.2, -0.15) is 5.10 Å². The lowest BCUT2D eigenvalue weighted by molar-refractivity contribution is 0.118. The van der Waals surface area contributed by atoms with Gasteiger partial charge in [0.05, 0.1) is 6.54 Å². The zero-order valence-corrected chi connectivity index (χ0v) is 17.9. The van der Waals surface area contributed by atoms with Gasteiger partial charge in [-0.1, -0.05) is 64.4 Å². The number of nitrogens with one attached hydrogen (secondary N) is 1. The molecule has 2 bridgehead atoms. The standard InChI is InChI=1S/C24H35N3O/c1-5-6-12-20-19(17-10-8-7-9-11-17)16-27(26-20)22(28)25-21-15-18-13-14-24(21,4)23(18,2)3/h7-11,18-19,21H,5-6,12-16H2,1-4H3,(H,25,28)/t18-,19?,21-,24+/m1/s1. The summed E-state index contributed by atoms with van der Waals surface area (Å²) in [4.78, 5) is 13.1. The normalized spacial score (nSPS) is 33.2. The minimum Gasteiger partial charge on any atom is -0.333 e. The molecule has 0 aromatic heterocycles. The molecular weight excluding hydrogens is 346 g/mol. The lowest BCUT2D eigenvalue weighted by atomic mass is 9.69. The molecule has 0 saturated heterocycles. The number of rotatable bonds is 5. The van der Waals surface area contributed by atoms with Gasteiger partial charge in [0.15, 0.2) is 0 Å². The summed E-state index contributed by atoms with van der Waals surface area (Å²) < 4.78 is 0. The maximum Gasteiger partial charge on any atom is 0.338 e. The molecule has 3 aliphatic rings. The Kier molecular flexibility index (Phi) is 5.01. The Morgan fingerprint density at radius 1 is 1.25 bits per heavy atom. The molecule has 1 aromatic rings. The molecule has 0 radical (unpaired) electrons. The minimum atomic E-state index is -0.0120. The summed E-state index contributed by atoms with van der Waals surface area (Å²) in [5, 5.41) is 9.86. The van der Waals surface area contributed by atoms with Crippen molar-refractivity contribution in [3.8, 4) is 0 Å². The van der Waals surface area contributed by atoms with Gasteiger partial charge in [0.1, 0.15) is 0 Å². The maximum atomic E-state index is 13.1. The van der Waals surface area contributed by atoms with Crippen LogP contribution in [-0.2, 0) is 0 Å². The van der Waals surface area contributed by atoms with Crippen molar-refractivity contribution in [1.82, 2.24) is 10.3 Å². The number of fused-ring (bicyclic) bond motifs is 2. The van der Waals surface area contributed by atoms with E-state index in [1.165, 1.54) is 18.4 Å². The first-order valence-electron chi connectivity index (χ1n) is 11.1. The quantitative estimate of drug-likeness (QED) is 0.713. The molecule has 0 spiro atoms. The van der Waals surface area contributed by atoms with Gasteiger partial charge in [0.25, 0.3) is 0 Å². The first-order chi connectivity index (χ1) is 13.4. The third-order valence-corrected chi connectivity index (χ3v) is 8.32. The minimum absolute atomic E-state index is 0.0120. The van der Waals surface area contributed by atoms with Gasteiger partial charge in [-0.3, -0.25) is 0 Å². The average Bonchev–Trinajstić information content (AvgIpc) is 3.27. The zero-order valence-electron chi connectivity index (χ0n) is 17.9. The second kappa shape index (κ2) is 7.20. The van der Waals surface area contributed by atoms with Gasteiger partial charge in [0.2, 0.25) is 0 Å². The van der Waals surface area contributed by atoms with Crippen molar-refractivity contribution in [1.29, 1.82) is 0 Å². The monoisotopic (exact) mass is 381 g/mol. The highest BCUT2D eigenvalue weighted by molar-refractivity contribution is 5.94. The van der Waals surface area contributed by atoms with Crippen molar-refractivity contribution in [2.24, 2.45) is 21.8 Å². The van der Waals surface area contributed by atoms with Gasteiger partial charge in [-0.25, -0.2) is 9.80 Å². The van der Waals surface area contributed by atoms with Crippen molar-refractivity contribution < 1.29 is 4.79 Å². The molecule has 4 heteroatoms. The fourth-order valence-corrected chi connectivity index (χ4v) is 5.88. The Labute approximate surface area is 169 Å². The number of hydrogen-bond donors (Lipinski definition) is 1. The molecule has 2 aliphatic carbocycles. The molecule has 2 saturated carbocycles. The molecular formula is C24H35N3O. The van der Waals surface area contributed by atoms with E-state index in [2.05, 4.69) is 57.3 Å². The van der Waals surface area contributed by atoms with E-state index in [4.69, 9.17) is 5.10 Å². The molecule has 1 aliphatic heterocycles. The van der Waals surface area contributed by atoms with Crippen molar-refractivity contribution in [2.45, 2.75) is 78.2 Å². The SMILES string of the molecule is CCCCC1=NN(C(=O)N[C@@H]2C[C@H]3CC[C@]2(C)C3(C)C)CC1c1ccccc1. The summed E-state index contributed by atoms with van der Waals surface area (Å²) in [6.45, 7) is 10.0. The van der Waals surface area contributed by atoms with Crippen LogP contribution in [0.5, 0.6) is 0 Å². The highest BCUT2D eigenvalue weighted by Gasteiger charge is 2.61. The van der Waals surface area contributed by atoms with Crippen LogP contribution in [0.15, 0.2) is 35.4 Å². The van der Waals surface area contributed by atoms with Crippen LogP contribution in [0.3, 0.4) is 0 Å². The summed E-state index contributed by atoms with van der Waals surface area (Å²) in [5.41, 5.74) is 2.92. The summed E-state index contributed by atoms with van der Waals surface area (Å²) in [7, 11) is 0. The molecule has 4 nitrogen and oxygen atoms in total. The summed E-state index contributed by atoms with van der Waals surface area (Å²) in [6.07, 6.45) is 6.85. The van der Waals surface area contributed by atoms with Crippen LogP contribution in [0, 0.1) is 16.7 Å². The summed E-state index contributed by atoms with van der Waals surface area (Å²) in [5.74, 6) is 0.951. The summed E-state index contributed by atoms with van der Waals surface area (Å²) in [6, 6.07) is 10.8. The van der Waals surface area contributed by atoms with E-state index in [-0.39, 0.29) is 23.4 Å². The maximum absolute atomic E-state index is 13.1. The molecule has 28 heavy (non-hydrogen) atoms. The fourth-order valence-electron chi connectivity index (χ4n) is 5.88. The zero-order chi connectivity index (χ0) is 19.9. The molecule has 1 unspecified atom stereocenters. The van der Waals surface area contributed by atoms with Crippen molar-refractivity contribution in [2.75, 3.05) is 6.54 Å². The molecule has 1 aromatic carbocycles. The number of unbranched alkanes of at least 4 members (excludes halogenated alkanes) is 1. The Morgan fingerprint density at radius 3 is 2.61 bits per heavy atom. The van der Waals surface area contributed by atoms with Crippen LogP contribution in [-0.4, -0.2) is 29.3 Å². The molecule has 2 amide bonds. The number of nitrogens with zero attached hydrogens (tertiary/aromatic N) is 2. The van der Waals surface area contributed by atoms with Crippen LogP contribution in [0.2, 0.25) is 0 Å². The second-order valence-electron chi connectivity index (χ2n) is 9.85. The van der Waals surface area contributed by atoms with E-state index < -0.39 is 0 Å². The van der Waals surface area contributed by atoms with Gasteiger partial charge < -0.3 is 5.32 Å². The Balaban J connectivity index is 1.48. The van der Waals surface area contributed by atoms with Crippen molar-refractivity contribution >= 4 is 11.7 Å². The first kappa shape index (κ1) is 19.5. The number of urea groups is 1. The van der Waals surface area contributed by atoms with Crippen LogP contribution < -0.4 is 5.32 Å². The van der Waals surface area contributed by atoms with E-state index in [1.807, 2.05) is 6.07 Å². The number of amides is 2. The van der Waals surface area contributed by atoms with E-state index in [9.17, 15) is 4.79 Å². The highest BCUT2D eigenvalue weighted by atomic mass is 16.2. The van der Waals surface area contributed by atoms with Crippen LogP contribution in [0.25, 0.3) is 0 Å². The van der Waals surface area contributed by atoms with E-state index >= 15 is 0 Å². The number of carbonyl (C=O) groups is 1. The number of hydrazone groups is 1. The summed E-state index contributed by atoms with van der Waals surface area (Å²) >= 11 is 0. The van der Waals surface area contributed by atoms with Gasteiger partial charge in [-0.05, 0) is 54.4 Å². The van der Waals surface area contributed by atoms with E-state index in [0.29, 0.717) is 12.0 Å². The Morgan fingerprint density at radius 2 is 2.00 bits per heavy atom. The van der Waals surface area contributed by atoms with Crippen LogP contribution in [0.4, 0.5) is 4.79 Å². The first-order valence-corrected chi connectivity index (χ1v) is 11.1. The molecule has 1 heterocycles. The Hall–Kier alpha value is -1.84. The van der Waals surface area contributed by atoms with Gasteiger partial charge >= 0.3 is 6.03 Å². The predicted octanol–water partition coefficient (Wildman–Crippen LogP) is 5.56. The van der Waals surface area contributed by atoms with Gasteiger partial charge in [-0.15, -0.1) is 0 Å². The molecule has 1 N–H and O–H groups in total. The third-order valence-electron chi connectivity index (χ3n) is 8.32. The molecule has 4 rings (SSSR count). The average molecular weight is 382 g/mol. The predicted molar refractivity (Wildman–Crippen MR) is 114 cm³/mol. The van der Waals surface area contributed by atoms with E-state index in [1.54, 1.807) is 5.01 Å². The fraction of sp³-hybridized carbons (Fsp3) is 0.667. The number of hydrogen-bond acceptors (Lipinski definition) is 2. The second-order valence-corrected chi connectivity index (χ2v) is 9.85. The van der Waals surface area contributed by atoms with Crippen molar-refractivity contribution in [3.63, 3.8) is 0 Å². The highest BCUT2D eigenvalue weighted by Crippen LogP contribution is 2.65. The lowest BCUT2D eigenvalue weighted by Crippen LogP contribution is -2.50. The van der Waals surface area contributed by atoms with Crippen LogP contribution >= 0.6 is 0 Å². The molecule has 152 valence electrons. The third kappa shape index (κ3) is 3.05. The lowest BCUT2D eigenvalue weighted by Gasteiger charge is -2.39. The van der Waals surface area contributed by atoms with Crippen LogP contribution in [0.1, 0.15) is 77.7 Å². The number of carbonyl (C=O) groups excluding carboxylic acids is 1. The van der Waals surface area contributed by atoms with Gasteiger partial charge in [0, 0.05) is 17.7 Å². The van der Waals surface area contributed by atoms with Crippen molar-refractivity contribution in [3.05, 3.63) is 35.9 Å². The molecule has 2 fully saturated rings. The van der Waals surface area contributed by atoms with E-state index in [0.717, 1.165) is 37.3 Å². The Bertz CT molecular complexity index is 756.